The van der Waals surface area contributed by atoms with Crippen LogP contribution in [-0.2, 0) is 4.74 Å². The van der Waals surface area contributed by atoms with Crippen molar-refractivity contribution in [2.24, 2.45) is 0 Å². The van der Waals surface area contributed by atoms with Gasteiger partial charge in [-0.2, -0.15) is 0 Å². The second-order valence-corrected chi connectivity index (χ2v) is 5.48. The zero-order valence-electron chi connectivity index (χ0n) is 13.1. The number of carbonyl (C=O) groups excluding carboxylic acids is 2. The summed E-state index contributed by atoms with van der Waals surface area (Å²) in [5, 5.41) is 0.849. The topological polar surface area (TPSA) is 59.2 Å². The number of hydrogen-bond donors (Lipinski definition) is 1. The fourth-order valence-corrected chi connectivity index (χ4v) is 2.72. The number of benzene rings is 2. The molecule has 0 atom stereocenters. The minimum Gasteiger partial charge on any atom is -0.454 e. The lowest BCUT2D eigenvalue weighted by molar-refractivity contribution is 0.0474. The number of aromatic nitrogens is 1. The standard InChI is InChI=1S/C19H17NO3/c1-12-7-3-4-8-14(12)19(22)23-11-17(21)18-13(2)20-16-10-6-5-9-15(16)18/h3-10,20H,11H2,1-2H3. The van der Waals surface area contributed by atoms with Crippen molar-refractivity contribution in [3.63, 3.8) is 0 Å². The lowest BCUT2D eigenvalue weighted by Gasteiger charge is -2.06. The van der Waals surface area contributed by atoms with Crippen molar-refractivity contribution in [2.75, 3.05) is 6.61 Å². The van der Waals surface area contributed by atoms with Crippen molar-refractivity contribution < 1.29 is 14.3 Å². The summed E-state index contributed by atoms with van der Waals surface area (Å²) < 4.78 is 5.20. The number of fused-ring (bicyclic) bond motifs is 1. The highest BCUT2D eigenvalue weighted by Gasteiger charge is 2.18. The summed E-state index contributed by atoms with van der Waals surface area (Å²) in [5.41, 5.74) is 3.57. The van der Waals surface area contributed by atoms with E-state index in [9.17, 15) is 9.59 Å². The Balaban J connectivity index is 1.78. The van der Waals surface area contributed by atoms with E-state index >= 15 is 0 Å². The summed E-state index contributed by atoms with van der Waals surface area (Å²) in [6, 6.07) is 14.7. The van der Waals surface area contributed by atoms with Crippen molar-refractivity contribution >= 4 is 22.7 Å². The molecule has 4 heteroatoms. The third kappa shape index (κ3) is 2.88. The number of aromatic amines is 1. The molecular formula is C19H17NO3. The highest BCUT2D eigenvalue weighted by molar-refractivity contribution is 6.10. The van der Waals surface area contributed by atoms with Crippen LogP contribution in [0.3, 0.4) is 0 Å². The predicted octanol–water partition coefficient (Wildman–Crippen LogP) is 3.82. The van der Waals surface area contributed by atoms with Crippen LogP contribution < -0.4 is 0 Å². The molecule has 23 heavy (non-hydrogen) atoms. The zero-order chi connectivity index (χ0) is 16.4. The first-order valence-electron chi connectivity index (χ1n) is 7.41. The van der Waals surface area contributed by atoms with E-state index in [0.717, 1.165) is 22.2 Å². The Labute approximate surface area is 134 Å². The van der Waals surface area contributed by atoms with Crippen LogP contribution in [0.5, 0.6) is 0 Å². The molecule has 0 aliphatic rings. The summed E-state index contributed by atoms with van der Waals surface area (Å²) in [5.74, 6) is -0.684. The maximum Gasteiger partial charge on any atom is 0.338 e. The lowest BCUT2D eigenvalue weighted by atomic mass is 10.1. The SMILES string of the molecule is Cc1ccccc1C(=O)OCC(=O)c1c(C)[nH]c2ccccc12. The van der Waals surface area contributed by atoms with Crippen LogP contribution >= 0.6 is 0 Å². The van der Waals surface area contributed by atoms with Crippen molar-refractivity contribution in [1.29, 1.82) is 0 Å². The summed E-state index contributed by atoms with van der Waals surface area (Å²) in [6.07, 6.45) is 0. The number of nitrogens with one attached hydrogen (secondary N) is 1. The maximum absolute atomic E-state index is 12.5. The van der Waals surface area contributed by atoms with Crippen LogP contribution in [-0.4, -0.2) is 23.3 Å². The Hall–Kier alpha value is -2.88. The van der Waals surface area contributed by atoms with Crippen molar-refractivity contribution in [1.82, 2.24) is 4.98 Å². The second-order valence-electron chi connectivity index (χ2n) is 5.48. The monoisotopic (exact) mass is 307 g/mol. The van der Waals surface area contributed by atoms with Crippen molar-refractivity contribution in [3.05, 3.63) is 70.9 Å². The van der Waals surface area contributed by atoms with Gasteiger partial charge in [0.05, 0.1) is 5.56 Å². The smallest absolute Gasteiger partial charge is 0.338 e. The number of ketones is 1. The molecule has 0 spiro atoms. The summed E-state index contributed by atoms with van der Waals surface area (Å²) in [4.78, 5) is 27.7. The van der Waals surface area contributed by atoms with Gasteiger partial charge in [-0.25, -0.2) is 4.79 Å². The van der Waals surface area contributed by atoms with Crippen LogP contribution in [0.2, 0.25) is 0 Å². The molecule has 4 nitrogen and oxygen atoms in total. The molecule has 0 aliphatic heterocycles. The van der Waals surface area contributed by atoms with E-state index in [1.807, 2.05) is 50.2 Å². The maximum atomic E-state index is 12.5. The van der Waals surface area contributed by atoms with Gasteiger partial charge in [-0.3, -0.25) is 4.79 Å². The number of carbonyl (C=O) groups is 2. The van der Waals surface area contributed by atoms with E-state index < -0.39 is 5.97 Å². The van der Waals surface area contributed by atoms with E-state index in [1.165, 1.54) is 0 Å². The van der Waals surface area contributed by atoms with Crippen LogP contribution in [0.25, 0.3) is 10.9 Å². The third-order valence-electron chi connectivity index (χ3n) is 3.87. The molecule has 0 saturated carbocycles. The summed E-state index contributed by atoms with van der Waals surface area (Å²) in [6.45, 7) is 3.41. The molecular weight excluding hydrogens is 290 g/mol. The van der Waals surface area contributed by atoms with Gasteiger partial charge in [-0.15, -0.1) is 0 Å². The molecule has 1 N–H and O–H groups in total. The molecule has 0 radical (unpaired) electrons. The molecule has 116 valence electrons. The van der Waals surface area contributed by atoms with Crippen LogP contribution in [0.1, 0.15) is 32.0 Å². The Morgan fingerprint density at radius 1 is 1.00 bits per heavy atom. The molecule has 2 aromatic carbocycles. The third-order valence-corrected chi connectivity index (χ3v) is 3.87. The summed E-state index contributed by atoms with van der Waals surface area (Å²) in [7, 11) is 0. The number of H-pyrrole nitrogens is 1. The van der Waals surface area contributed by atoms with Gasteiger partial charge in [-0.1, -0.05) is 36.4 Å². The Morgan fingerprint density at radius 3 is 2.48 bits per heavy atom. The van der Waals surface area contributed by atoms with Crippen LogP contribution in [0, 0.1) is 13.8 Å². The van der Waals surface area contributed by atoms with E-state index in [-0.39, 0.29) is 12.4 Å². The highest BCUT2D eigenvalue weighted by atomic mass is 16.5. The Morgan fingerprint density at radius 2 is 1.70 bits per heavy atom. The van der Waals surface area contributed by atoms with E-state index in [1.54, 1.807) is 12.1 Å². The van der Waals surface area contributed by atoms with Gasteiger partial charge in [0.2, 0.25) is 5.78 Å². The number of aryl methyl sites for hydroxylation is 2. The minimum atomic E-state index is -0.478. The number of ether oxygens (including phenoxy) is 1. The number of hydrogen-bond acceptors (Lipinski definition) is 3. The average molecular weight is 307 g/mol. The average Bonchev–Trinajstić information content (AvgIpc) is 2.88. The quantitative estimate of drug-likeness (QED) is 0.589. The molecule has 0 saturated heterocycles. The number of rotatable bonds is 4. The number of Topliss-reactive ketones (excluding diaryl/α,β-unsaturated/α-hetero) is 1. The molecule has 0 bridgehead atoms. The van der Waals surface area contributed by atoms with Gasteiger partial charge < -0.3 is 9.72 Å². The zero-order valence-corrected chi connectivity index (χ0v) is 13.1. The normalized spacial score (nSPS) is 10.7. The largest absolute Gasteiger partial charge is 0.454 e. The molecule has 0 fully saturated rings. The molecule has 1 aromatic heterocycles. The highest BCUT2D eigenvalue weighted by Crippen LogP contribution is 2.22. The van der Waals surface area contributed by atoms with Gasteiger partial charge >= 0.3 is 5.97 Å². The minimum absolute atomic E-state index is 0.207. The van der Waals surface area contributed by atoms with Gasteiger partial charge in [-0.05, 0) is 31.5 Å². The van der Waals surface area contributed by atoms with Gasteiger partial charge in [0, 0.05) is 22.2 Å². The lowest BCUT2D eigenvalue weighted by Crippen LogP contribution is -2.15. The molecule has 0 amide bonds. The van der Waals surface area contributed by atoms with Crippen molar-refractivity contribution in [2.45, 2.75) is 13.8 Å². The fraction of sp³-hybridized carbons (Fsp3) is 0.158. The number of esters is 1. The second kappa shape index (κ2) is 6.08. The first-order valence-corrected chi connectivity index (χ1v) is 7.41. The summed E-state index contributed by atoms with van der Waals surface area (Å²) >= 11 is 0. The van der Waals surface area contributed by atoms with E-state index in [4.69, 9.17) is 4.74 Å². The molecule has 1 heterocycles. The van der Waals surface area contributed by atoms with E-state index in [0.29, 0.717) is 11.1 Å². The number of para-hydroxylation sites is 1. The van der Waals surface area contributed by atoms with Gasteiger partial charge in [0.25, 0.3) is 0 Å². The predicted molar refractivity (Wildman–Crippen MR) is 88.8 cm³/mol. The van der Waals surface area contributed by atoms with Crippen LogP contribution in [0.4, 0.5) is 0 Å². The van der Waals surface area contributed by atoms with Crippen molar-refractivity contribution in [3.8, 4) is 0 Å². The Bertz CT molecular complexity index is 893. The fourth-order valence-electron chi connectivity index (χ4n) is 2.72. The molecule has 3 aromatic rings. The molecule has 0 unspecified atom stereocenters. The van der Waals surface area contributed by atoms with E-state index in [2.05, 4.69) is 4.98 Å². The molecule has 3 rings (SSSR count). The first kappa shape index (κ1) is 15.0. The van der Waals surface area contributed by atoms with Gasteiger partial charge in [0.1, 0.15) is 0 Å². The van der Waals surface area contributed by atoms with Gasteiger partial charge in [0.15, 0.2) is 6.61 Å². The first-order chi connectivity index (χ1) is 11.1. The Kier molecular flexibility index (Phi) is 3.98. The van der Waals surface area contributed by atoms with Crippen LogP contribution in [0.15, 0.2) is 48.5 Å². The molecule has 0 aliphatic carbocycles.